The highest BCUT2D eigenvalue weighted by atomic mass is 19.4. The molecule has 0 saturated heterocycles. The number of rotatable bonds is 5. The maximum atomic E-state index is 12.0. The van der Waals surface area contributed by atoms with Crippen LogP contribution in [0.25, 0.3) is 0 Å². The van der Waals surface area contributed by atoms with E-state index >= 15 is 0 Å². The predicted molar refractivity (Wildman–Crippen MR) is 66.5 cm³/mol. The van der Waals surface area contributed by atoms with Gasteiger partial charge in [-0.3, -0.25) is 0 Å². The summed E-state index contributed by atoms with van der Waals surface area (Å²) < 4.78 is 45.7. The van der Waals surface area contributed by atoms with Crippen LogP contribution < -0.4 is 10.1 Å². The summed E-state index contributed by atoms with van der Waals surface area (Å²) in [5, 5.41) is 3.11. The van der Waals surface area contributed by atoms with Crippen LogP contribution in [-0.4, -0.2) is 17.8 Å². The number of pyridine rings is 1. The van der Waals surface area contributed by atoms with Gasteiger partial charge in [0.05, 0.1) is 24.2 Å². The van der Waals surface area contributed by atoms with Crippen LogP contribution in [0.2, 0.25) is 0 Å². The molecule has 1 atom stereocenters. The lowest BCUT2D eigenvalue weighted by Gasteiger charge is -2.13. The number of nitrogens with zero attached hydrogens (tertiary/aromatic N) is 1. The lowest BCUT2D eigenvalue weighted by molar-refractivity contribution is -0.154. The Kier molecular flexibility index (Phi) is 4.16. The van der Waals surface area contributed by atoms with Gasteiger partial charge in [0, 0.05) is 6.07 Å². The summed E-state index contributed by atoms with van der Waals surface area (Å²) in [5.41, 5.74) is 0.660. The molecule has 0 aliphatic heterocycles. The second-order valence-electron chi connectivity index (χ2n) is 4.17. The molecule has 0 amide bonds. The third-order valence-electron chi connectivity index (χ3n) is 2.47. The van der Waals surface area contributed by atoms with E-state index in [-0.39, 0.29) is 11.9 Å². The molecule has 0 radical (unpaired) electrons. The van der Waals surface area contributed by atoms with Gasteiger partial charge in [-0.05, 0) is 25.1 Å². The zero-order valence-electron chi connectivity index (χ0n) is 10.6. The Morgan fingerprint density at radius 2 is 2.15 bits per heavy atom. The Morgan fingerprint density at radius 1 is 1.35 bits per heavy atom. The molecule has 0 aliphatic carbocycles. The van der Waals surface area contributed by atoms with Gasteiger partial charge < -0.3 is 14.5 Å². The minimum absolute atomic E-state index is 0.0708. The highest BCUT2D eigenvalue weighted by molar-refractivity contribution is 5.43. The van der Waals surface area contributed by atoms with E-state index in [0.717, 1.165) is 5.76 Å². The van der Waals surface area contributed by atoms with Crippen LogP contribution in [0.1, 0.15) is 18.7 Å². The topological polar surface area (TPSA) is 47.3 Å². The predicted octanol–water partition coefficient (Wildman–Crippen LogP) is 3.79. The number of hydrogen-bond donors (Lipinski definition) is 1. The van der Waals surface area contributed by atoms with E-state index in [1.54, 1.807) is 18.4 Å². The van der Waals surface area contributed by atoms with Crippen molar-refractivity contribution in [1.82, 2.24) is 4.98 Å². The smallest absolute Gasteiger partial charge is 0.422 e. The highest BCUT2D eigenvalue weighted by Gasteiger charge is 2.28. The molecule has 108 valence electrons. The number of anilines is 1. The zero-order chi connectivity index (χ0) is 14.6. The van der Waals surface area contributed by atoms with Crippen molar-refractivity contribution in [2.45, 2.75) is 19.1 Å². The Bertz CT molecular complexity index is 524. The number of hydrogen-bond acceptors (Lipinski definition) is 4. The van der Waals surface area contributed by atoms with Crippen molar-refractivity contribution in [2.24, 2.45) is 0 Å². The second kappa shape index (κ2) is 5.85. The SMILES string of the molecule is CC(Nc1ccc(OCC(F)(F)F)nc1)c1ccco1. The monoisotopic (exact) mass is 286 g/mol. The first-order valence-electron chi connectivity index (χ1n) is 5.89. The van der Waals surface area contributed by atoms with Gasteiger partial charge in [0.2, 0.25) is 5.88 Å². The lowest BCUT2D eigenvalue weighted by atomic mass is 10.2. The van der Waals surface area contributed by atoms with E-state index in [4.69, 9.17) is 4.42 Å². The fraction of sp³-hybridized carbons (Fsp3) is 0.308. The maximum absolute atomic E-state index is 12.0. The van der Waals surface area contributed by atoms with Gasteiger partial charge in [-0.2, -0.15) is 13.2 Å². The molecule has 4 nitrogen and oxygen atoms in total. The lowest BCUT2D eigenvalue weighted by Crippen LogP contribution is -2.19. The fourth-order valence-electron chi connectivity index (χ4n) is 1.57. The minimum Gasteiger partial charge on any atom is -0.468 e. The molecule has 2 rings (SSSR count). The molecule has 2 heterocycles. The number of nitrogens with one attached hydrogen (secondary N) is 1. The van der Waals surface area contributed by atoms with E-state index < -0.39 is 12.8 Å². The average molecular weight is 286 g/mol. The summed E-state index contributed by atoms with van der Waals surface area (Å²) in [6.45, 7) is 0.544. The van der Waals surface area contributed by atoms with E-state index in [2.05, 4.69) is 15.0 Å². The standard InChI is InChI=1S/C13H13F3N2O2/c1-9(11-3-2-6-19-11)18-10-4-5-12(17-7-10)20-8-13(14,15)16/h2-7,9,18H,8H2,1H3. The molecule has 1 N–H and O–H groups in total. The van der Waals surface area contributed by atoms with Crippen LogP contribution >= 0.6 is 0 Å². The number of halogens is 3. The average Bonchev–Trinajstić information content (AvgIpc) is 2.91. The molecule has 7 heteroatoms. The molecule has 20 heavy (non-hydrogen) atoms. The second-order valence-corrected chi connectivity index (χ2v) is 4.17. The first kappa shape index (κ1) is 14.2. The van der Waals surface area contributed by atoms with Gasteiger partial charge >= 0.3 is 6.18 Å². The third-order valence-corrected chi connectivity index (χ3v) is 2.47. The number of furan rings is 1. The fourth-order valence-corrected chi connectivity index (χ4v) is 1.57. The summed E-state index contributed by atoms with van der Waals surface area (Å²) in [5.74, 6) is 0.681. The van der Waals surface area contributed by atoms with Crippen LogP contribution in [0.15, 0.2) is 41.1 Å². The van der Waals surface area contributed by atoms with Gasteiger partial charge in [0.25, 0.3) is 0 Å². The summed E-state index contributed by atoms with van der Waals surface area (Å²) in [7, 11) is 0. The van der Waals surface area contributed by atoms with Crippen molar-refractivity contribution >= 4 is 5.69 Å². The molecule has 1 unspecified atom stereocenters. The summed E-state index contributed by atoms with van der Waals surface area (Å²) in [4.78, 5) is 3.80. The molecule has 0 spiro atoms. The van der Waals surface area contributed by atoms with Crippen LogP contribution in [0.5, 0.6) is 5.88 Å². The third kappa shape index (κ3) is 4.18. The van der Waals surface area contributed by atoms with Crippen LogP contribution in [0.3, 0.4) is 0 Å². The molecular formula is C13H13F3N2O2. The minimum atomic E-state index is -4.37. The Balaban J connectivity index is 1.91. The van der Waals surface area contributed by atoms with Gasteiger partial charge in [-0.1, -0.05) is 0 Å². The summed E-state index contributed by atoms with van der Waals surface area (Å²) in [6.07, 6.45) is -1.39. The van der Waals surface area contributed by atoms with E-state index in [1.165, 1.54) is 12.3 Å². The van der Waals surface area contributed by atoms with E-state index in [0.29, 0.717) is 5.69 Å². The molecule has 0 fully saturated rings. The van der Waals surface area contributed by atoms with Crippen molar-refractivity contribution in [3.05, 3.63) is 42.5 Å². The van der Waals surface area contributed by atoms with Gasteiger partial charge in [-0.15, -0.1) is 0 Å². The van der Waals surface area contributed by atoms with E-state index in [1.807, 2.05) is 13.0 Å². The van der Waals surface area contributed by atoms with Crippen LogP contribution in [-0.2, 0) is 0 Å². The number of alkyl halides is 3. The van der Waals surface area contributed by atoms with Gasteiger partial charge in [-0.25, -0.2) is 4.98 Å². The Labute approximate surface area is 113 Å². The maximum Gasteiger partial charge on any atom is 0.422 e. The normalized spacial score (nSPS) is 13.0. The van der Waals surface area contributed by atoms with Crippen molar-refractivity contribution in [3.63, 3.8) is 0 Å². The molecule has 0 aliphatic rings. The van der Waals surface area contributed by atoms with Gasteiger partial charge in [0.15, 0.2) is 6.61 Å². The quantitative estimate of drug-likeness (QED) is 0.908. The molecule has 0 aromatic carbocycles. The van der Waals surface area contributed by atoms with E-state index in [9.17, 15) is 13.2 Å². The highest BCUT2D eigenvalue weighted by Crippen LogP contribution is 2.21. The number of ether oxygens (including phenoxy) is 1. The van der Waals surface area contributed by atoms with Crippen molar-refractivity contribution in [1.29, 1.82) is 0 Å². The van der Waals surface area contributed by atoms with Crippen LogP contribution in [0.4, 0.5) is 18.9 Å². The molecule has 2 aromatic rings. The van der Waals surface area contributed by atoms with Crippen molar-refractivity contribution < 1.29 is 22.3 Å². The first-order valence-corrected chi connectivity index (χ1v) is 5.89. The van der Waals surface area contributed by atoms with Gasteiger partial charge in [0.1, 0.15) is 5.76 Å². The molecule has 0 bridgehead atoms. The molecule has 0 saturated carbocycles. The van der Waals surface area contributed by atoms with Crippen molar-refractivity contribution in [2.75, 3.05) is 11.9 Å². The molecular weight excluding hydrogens is 273 g/mol. The zero-order valence-corrected chi connectivity index (χ0v) is 10.6. The largest absolute Gasteiger partial charge is 0.468 e. The Morgan fingerprint density at radius 3 is 2.70 bits per heavy atom. The summed E-state index contributed by atoms with van der Waals surface area (Å²) in [6, 6.07) is 6.50. The summed E-state index contributed by atoms with van der Waals surface area (Å²) >= 11 is 0. The number of aromatic nitrogens is 1. The van der Waals surface area contributed by atoms with Crippen LogP contribution in [0, 0.1) is 0 Å². The first-order chi connectivity index (χ1) is 9.44. The van der Waals surface area contributed by atoms with Crippen molar-refractivity contribution in [3.8, 4) is 5.88 Å². The Hall–Kier alpha value is -2.18. The molecule has 2 aromatic heterocycles.